The van der Waals surface area contributed by atoms with Crippen LogP contribution in [0.2, 0.25) is 0 Å². The van der Waals surface area contributed by atoms with E-state index in [1.165, 1.54) is 14.2 Å². The molecule has 0 atom stereocenters. The van der Waals surface area contributed by atoms with Crippen LogP contribution in [0.15, 0.2) is 0 Å². The van der Waals surface area contributed by atoms with E-state index in [2.05, 4.69) is 9.05 Å². The molecule has 0 N–H and O–H groups in total. The molecular formula is C2H9AlO3P+. The predicted octanol–water partition coefficient (Wildman–Crippen LogP) is -0.247. The molecule has 42 valence electrons. The van der Waals surface area contributed by atoms with E-state index in [1.54, 1.807) is 0 Å². The van der Waals surface area contributed by atoms with Crippen molar-refractivity contribution in [3.05, 3.63) is 0 Å². The SMILES string of the molecule is CO[P+](=O)OC.[AlH3]. The minimum atomic E-state index is -1.83. The van der Waals surface area contributed by atoms with Crippen molar-refractivity contribution in [2.45, 2.75) is 0 Å². The summed E-state index contributed by atoms with van der Waals surface area (Å²) in [5.41, 5.74) is 0. The molecule has 0 heterocycles. The summed E-state index contributed by atoms with van der Waals surface area (Å²) >= 11 is 0. The normalized spacial score (nSPS) is 7.14. The minimum absolute atomic E-state index is 0. The quantitative estimate of drug-likeness (QED) is 0.391. The zero-order valence-electron chi connectivity index (χ0n) is 3.67. The van der Waals surface area contributed by atoms with E-state index in [4.69, 9.17) is 0 Å². The molecule has 0 aromatic carbocycles. The maximum atomic E-state index is 9.88. The fourth-order valence-electron chi connectivity index (χ4n) is 0.0745. The largest absolute Gasteiger partial charge is 0.696 e. The van der Waals surface area contributed by atoms with Gasteiger partial charge in [-0.15, -0.1) is 9.05 Å². The third-order valence-corrected chi connectivity index (χ3v) is 0.894. The fraction of sp³-hybridized carbons (Fsp3) is 1.00. The Balaban J connectivity index is 0. The highest BCUT2D eigenvalue weighted by Crippen LogP contribution is 2.18. The Morgan fingerprint density at radius 3 is 1.57 bits per heavy atom. The van der Waals surface area contributed by atoms with Crippen LogP contribution in [0.4, 0.5) is 0 Å². The summed E-state index contributed by atoms with van der Waals surface area (Å²) in [4.78, 5) is 0. The standard InChI is InChI=1S/C2H6O3P.Al.3H/c1-4-6(3)5-2;;;;/h1-2H3;;;;/q+1;;;;. The molecule has 0 aliphatic rings. The van der Waals surface area contributed by atoms with Crippen LogP contribution in [0.1, 0.15) is 0 Å². The van der Waals surface area contributed by atoms with Gasteiger partial charge in [-0.05, 0) is 0 Å². The van der Waals surface area contributed by atoms with E-state index in [-0.39, 0.29) is 17.4 Å². The molecular weight excluding hydrogens is 130 g/mol. The highest BCUT2D eigenvalue weighted by Gasteiger charge is 2.10. The lowest BCUT2D eigenvalue weighted by Gasteiger charge is -1.66. The van der Waals surface area contributed by atoms with Crippen molar-refractivity contribution in [3.63, 3.8) is 0 Å². The van der Waals surface area contributed by atoms with Gasteiger partial charge < -0.3 is 0 Å². The maximum absolute atomic E-state index is 9.88. The zero-order valence-corrected chi connectivity index (χ0v) is 4.57. The Hall–Kier alpha value is 0.552. The second-order valence-electron chi connectivity index (χ2n) is 0.589. The summed E-state index contributed by atoms with van der Waals surface area (Å²) in [5.74, 6) is 0. The molecule has 0 aromatic rings. The first-order valence-electron chi connectivity index (χ1n) is 1.36. The van der Waals surface area contributed by atoms with E-state index in [9.17, 15) is 4.57 Å². The van der Waals surface area contributed by atoms with E-state index >= 15 is 0 Å². The monoisotopic (exact) mass is 139 g/mol. The van der Waals surface area contributed by atoms with E-state index in [0.717, 1.165) is 0 Å². The van der Waals surface area contributed by atoms with Crippen molar-refractivity contribution in [2.24, 2.45) is 0 Å². The minimum Gasteiger partial charge on any atom is -0.122 e. The van der Waals surface area contributed by atoms with E-state index in [0.29, 0.717) is 0 Å². The molecule has 3 nitrogen and oxygen atoms in total. The zero-order chi connectivity index (χ0) is 4.99. The molecule has 7 heavy (non-hydrogen) atoms. The predicted molar refractivity (Wildman–Crippen MR) is 31.6 cm³/mol. The molecule has 0 bridgehead atoms. The highest BCUT2D eigenvalue weighted by molar-refractivity contribution is 7.33. The van der Waals surface area contributed by atoms with Crippen LogP contribution in [0.25, 0.3) is 0 Å². The van der Waals surface area contributed by atoms with Crippen molar-refractivity contribution in [3.8, 4) is 0 Å². The van der Waals surface area contributed by atoms with Crippen LogP contribution in [0.5, 0.6) is 0 Å². The molecule has 0 amide bonds. The van der Waals surface area contributed by atoms with Crippen molar-refractivity contribution < 1.29 is 13.6 Å². The lowest BCUT2D eigenvalue weighted by atomic mass is 11.8. The second kappa shape index (κ2) is 6.55. The van der Waals surface area contributed by atoms with Crippen molar-refractivity contribution in [2.75, 3.05) is 14.2 Å². The first kappa shape index (κ1) is 10.5. The van der Waals surface area contributed by atoms with Crippen LogP contribution in [0, 0.1) is 0 Å². The van der Waals surface area contributed by atoms with Crippen LogP contribution < -0.4 is 0 Å². The molecule has 0 aliphatic heterocycles. The van der Waals surface area contributed by atoms with E-state index < -0.39 is 8.25 Å². The average molecular weight is 139 g/mol. The Bertz CT molecular complexity index is 50.9. The summed E-state index contributed by atoms with van der Waals surface area (Å²) in [5, 5.41) is 0. The van der Waals surface area contributed by atoms with Gasteiger partial charge in [-0.1, -0.05) is 0 Å². The first-order chi connectivity index (χ1) is 2.81. The maximum Gasteiger partial charge on any atom is 0.696 e. The Morgan fingerprint density at radius 2 is 1.57 bits per heavy atom. The van der Waals surface area contributed by atoms with Gasteiger partial charge in [0, 0.05) is 4.57 Å². The summed E-state index contributed by atoms with van der Waals surface area (Å²) in [7, 11) is 0.817. The molecule has 0 unspecified atom stereocenters. The molecule has 0 saturated carbocycles. The lowest BCUT2D eigenvalue weighted by molar-refractivity contribution is 0.302. The first-order valence-corrected chi connectivity index (χ1v) is 2.46. The van der Waals surface area contributed by atoms with Crippen LogP contribution in [-0.2, 0) is 13.6 Å². The highest BCUT2D eigenvalue weighted by atomic mass is 31.1. The van der Waals surface area contributed by atoms with Gasteiger partial charge in [0.05, 0.1) is 14.2 Å². The topological polar surface area (TPSA) is 35.5 Å². The van der Waals surface area contributed by atoms with Gasteiger partial charge in [-0.2, -0.15) is 0 Å². The smallest absolute Gasteiger partial charge is 0.122 e. The van der Waals surface area contributed by atoms with Crippen molar-refractivity contribution in [1.82, 2.24) is 0 Å². The van der Waals surface area contributed by atoms with Gasteiger partial charge >= 0.3 is 8.25 Å². The third kappa shape index (κ3) is 6.55. The van der Waals surface area contributed by atoms with Crippen molar-refractivity contribution in [1.29, 1.82) is 0 Å². The van der Waals surface area contributed by atoms with Crippen LogP contribution >= 0.6 is 8.25 Å². The van der Waals surface area contributed by atoms with Gasteiger partial charge in [0.1, 0.15) is 0 Å². The number of hydrogen-bond donors (Lipinski definition) is 0. The van der Waals surface area contributed by atoms with Gasteiger partial charge in [0.15, 0.2) is 17.4 Å². The number of rotatable bonds is 2. The Labute approximate surface area is 54.1 Å². The molecule has 0 fully saturated rings. The van der Waals surface area contributed by atoms with E-state index in [1.807, 2.05) is 0 Å². The third-order valence-electron chi connectivity index (χ3n) is 0.298. The second-order valence-corrected chi connectivity index (χ2v) is 1.77. The Kier molecular flexibility index (Phi) is 9.85. The summed E-state index contributed by atoms with van der Waals surface area (Å²) in [6.45, 7) is 0. The number of hydrogen-bond acceptors (Lipinski definition) is 3. The summed E-state index contributed by atoms with van der Waals surface area (Å²) in [6, 6.07) is 0. The van der Waals surface area contributed by atoms with Gasteiger partial charge in [-0.25, -0.2) is 0 Å². The summed E-state index contributed by atoms with van der Waals surface area (Å²) < 4.78 is 18.3. The molecule has 0 radical (unpaired) electrons. The fourth-order valence-corrected chi connectivity index (χ4v) is 0.224. The van der Waals surface area contributed by atoms with Crippen LogP contribution in [0.3, 0.4) is 0 Å². The Morgan fingerprint density at radius 1 is 1.29 bits per heavy atom. The molecule has 0 spiro atoms. The van der Waals surface area contributed by atoms with Gasteiger partial charge in [-0.3, -0.25) is 0 Å². The molecule has 0 aliphatic carbocycles. The molecule has 0 rings (SSSR count). The molecule has 5 heteroatoms. The average Bonchev–Trinajstić information content (AvgIpc) is 1.65. The molecule has 0 aromatic heterocycles. The molecule has 0 saturated heterocycles. The van der Waals surface area contributed by atoms with Crippen LogP contribution in [-0.4, -0.2) is 31.6 Å². The van der Waals surface area contributed by atoms with Gasteiger partial charge in [0.25, 0.3) is 0 Å². The summed E-state index contributed by atoms with van der Waals surface area (Å²) in [6.07, 6.45) is 0. The van der Waals surface area contributed by atoms with Gasteiger partial charge in [0.2, 0.25) is 0 Å². The lowest BCUT2D eigenvalue weighted by Crippen LogP contribution is -1.66. The van der Waals surface area contributed by atoms with Crippen molar-refractivity contribution >= 4 is 25.6 Å².